The van der Waals surface area contributed by atoms with Gasteiger partial charge in [-0.3, -0.25) is 4.90 Å². The number of hydrogen-bond donors (Lipinski definition) is 2. The number of nitrogens with one attached hydrogen (secondary N) is 1. The highest BCUT2D eigenvalue weighted by atomic mass is 35.5. The average Bonchev–Trinajstić information content (AvgIpc) is 3.83. The fourth-order valence-electron chi connectivity index (χ4n) is 8.51. The summed E-state index contributed by atoms with van der Waals surface area (Å²) in [7, 11) is 1.88. The number of halogens is 4. The van der Waals surface area contributed by atoms with Gasteiger partial charge in [0.25, 0.3) is 0 Å². The van der Waals surface area contributed by atoms with Crippen LogP contribution in [0.15, 0.2) is 12.1 Å². The number of nitrogens with zero attached hydrogens (tertiary/aromatic N) is 5. The van der Waals surface area contributed by atoms with Crippen molar-refractivity contribution in [3.05, 3.63) is 34.4 Å². The zero-order chi connectivity index (χ0) is 33.3. The maximum Gasteiger partial charge on any atom is 0.319 e. The summed E-state index contributed by atoms with van der Waals surface area (Å²) in [4.78, 5) is 13.9. The van der Waals surface area contributed by atoms with E-state index in [4.69, 9.17) is 31.8 Å². The molecule has 0 amide bonds. The van der Waals surface area contributed by atoms with Gasteiger partial charge in [-0.25, -0.2) is 13.2 Å². The van der Waals surface area contributed by atoms with E-state index in [0.717, 1.165) is 50.0 Å². The molecule has 5 heterocycles. The van der Waals surface area contributed by atoms with Crippen molar-refractivity contribution in [1.29, 1.82) is 5.26 Å². The SMILES string of the molecule is CNCCN1c2nc(OC[C@@]34CCCN3C[C@H](F)C4)nc3c(F)c(-c4ccc(F)c5sc(N)c(C#N)c45)c(Cl)c(c23)OCC2CCCC21. The summed E-state index contributed by atoms with van der Waals surface area (Å²) in [6.45, 7) is 2.93. The molecule has 3 aliphatic heterocycles. The maximum atomic E-state index is 17.3. The molecule has 8 rings (SSSR count). The molecule has 1 saturated carbocycles. The Morgan fingerprint density at radius 3 is 2.92 bits per heavy atom. The fourth-order valence-corrected chi connectivity index (χ4v) is 9.79. The number of thiophene rings is 1. The quantitative estimate of drug-likeness (QED) is 0.225. The first kappa shape index (κ1) is 31.7. The van der Waals surface area contributed by atoms with Crippen molar-refractivity contribution >= 4 is 54.7 Å². The van der Waals surface area contributed by atoms with E-state index in [1.54, 1.807) is 0 Å². The summed E-state index contributed by atoms with van der Waals surface area (Å²) in [5.74, 6) is -0.508. The first-order chi connectivity index (χ1) is 23.2. The van der Waals surface area contributed by atoms with Crippen LogP contribution in [0.2, 0.25) is 5.02 Å². The first-order valence-corrected chi connectivity index (χ1v) is 17.6. The molecule has 1 aliphatic carbocycles. The minimum Gasteiger partial charge on any atom is -0.491 e. The van der Waals surface area contributed by atoms with Gasteiger partial charge in [0.05, 0.1) is 32.8 Å². The Morgan fingerprint density at radius 1 is 1.25 bits per heavy atom. The standard InChI is InChI=1S/C34H35ClF3N7O2S/c1-41-9-11-45-22-5-2-4-17(22)15-46-29-25-28(42-33(43-32(25)45)47-16-34-8-3-10-44(34)14-18(36)12-34)27(38)24(26(29)35)19-6-7-21(37)30-23(19)20(13-39)31(40)48-30/h6-7,17-18,22,41H,2-5,8-12,14-16,40H2,1H3/t17?,18-,22?,34+/m1/s1. The normalized spacial score (nSPS) is 25.2. The van der Waals surface area contributed by atoms with Crippen LogP contribution in [0.25, 0.3) is 32.1 Å². The second-order valence-corrected chi connectivity index (χ2v) is 14.8. The number of nitriles is 1. The van der Waals surface area contributed by atoms with E-state index < -0.39 is 23.3 Å². The minimum atomic E-state index is -0.935. The maximum absolute atomic E-state index is 17.3. The van der Waals surface area contributed by atoms with Crippen LogP contribution in [-0.2, 0) is 0 Å². The van der Waals surface area contributed by atoms with Crippen LogP contribution in [0.4, 0.5) is 24.0 Å². The molecule has 2 aromatic carbocycles. The topological polar surface area (TPSA) is 113 Å². The largest absolute Gasteiger partial charge is 0.491 e. The monoisotopic (exact) mass is 697 g/mol. The lowest BCUT2D eigenvalue weighted by Gasteiger charge is -2.37. The second-order valence-electron chi connectivity index (χ2n) is 13.4. The second kappa shape index (κ2) is 12.1. The Labute approximate surface area is 284 Å². The smallest absolute Gasteiger partial charge is 0.319 e. The number of benzene rings is 2. The highest BCUT2D eigenvalue weighted by Crippen LogP contribution is 2.52. The number of anilines is 2. The van der Waals surface area contributed by atoms with Crippen molar-refractivity contribution in [3.63, 3.8) is 0 Å². The summed E-state index contributed by atoms with van der Waals surface area (Å²) >= 11 is 8.05. The predicted octanol–water partition coefficient (Wildman–Crippen LogP) is 6.44. The van der Waals surface area contributed by atoms with Crippen LogP contribution in [0.1, 0.15) is 44.1 Å². The molecule has 14 heteroatoms. The molecule has 48 heavy (non-hydrogen) atoms. The molecule has 2 unspecified atom stereocenters. The summed E-state index contributed by atoms with van der Waals surface area (Å²) < 4.78 is 59.9. The van der Waals surface area contributed by atoms with Gasteiger partial charge in [0.2, 0.25) is 0 Å². The molecule has 0 radical (unpaired) electrons. The van der Waals surface area contributed by atoms with Gasteiger partial charge in [0.15, 0.2) is 11.6 Å². The predicted molar refractivity (Wildman–Crippen MR) is 181 cm³/mol. The van der Waals surface area contributed by atoms with Crippen LogP contribution in [0, 0.1) is 28.9 Å². The molecule has 2 aromatic heterocycles. The van der Waals surface area contributed by atoms with Gasteiger partial charge >= 0.3 is 6.01 Å². The Morgan fingerprint density at radius 2 is 2.10 bits per heavy atom. The fraction of sp³-hybridized carbons (Fsp3) is 0.500. The van der Waals surface area contributed by atoms with E-state index in [1.807, 2.05) is 7.05 Å². The number of likely N-dealkylation sites (N-methyl/N-ethyl adjacent to an activating group) is 1. The van der Waals surface area contributed by atoms with E-state index in [1.165, 1.54) is 12.1 Å². The van der Waals surface area contributed by atoms with E-state index >= 15 is 8.78 Å². The molecule has 0 spiro atoms. The molecule has 4 aromatic rings. The van der Waals surface area contributed by atoms with E-state index in [2.05, 4.69) is 26.2 Å². The summed E-state index contributed by atoms with van der Waals surface area (Å²) in [5.41, 5.74) is 5.78. The lowest BCUT2D eigenvalue weighted by molar-refractivity contribution is 0.107. The lowest BCUT2D eigenvalue weighted by Crippen LogP contribution is -2.45. The number of fused-ring (bicyclic) bond motifs is 3. The molecule has 4 aliphatic rings. The number of aromatic nitrogens is 2. The Bertz CT molecular complexity index is 1990. The van der Waals surface area contributed by atoms with Gasteiger partial charge in [0.1, 0.15) is 41.0 Å². The van der Waals surface area contributed by atoms with Gasteiger partial charge in [0, 0.05) is 49.0 Å². The van der Waals surface area contributed by atoms with Gasteiger partial charge in [-0.1, -0.05) is 24.1 Å². The van der Waals surface area contributed by atoms with Crippen molar-refractivity contribution in [2.24, 2.45) is 5.92 Å². The molecular weight excluding hydrogens is 663 g/mol. The zero-order valence-corrected chi connectivity index (χ0v) is 28.0. The third-order valence-electron chi connectivity index (χ3n) is 10.7. The van der Waals surface area contributed by atoms with Crippen molar-refractivity contribution in [1.82, 2.24) is 20.2 Å². The highest BCUT2D eigenvalue weighted by molar-refractivity contribution is 7.23. The van der Waals surface area contributed by atoms with Crippen LogP contribution in [-0.4, -0.2) is 79.1 Å². The van der Waals surface area contributed by atoms with Crippen molar-refractivity contribution in [3.8, 4) is 29.0 Å². The number of alkyl halides is 1. The number of ether oxygens (including phenoxy) is 2. The number of nitrogens with two attached hydrogens (primary N) is 1. The van der Waals surface area contributed by atoms with Crippen LogP contribution in [0.3, 0.4) is 0 Å². The minimum absolute atomic E-state index is 0.0227. The zero-order valence-electron chi connectivity index (χ0n) is 26.4. The molecule has 0 bridgehead atoms. The van der Waals surface area contributed by atoms with Gasteiger partial charge in [-0.2, -0.15) is 15.2 Å². The Balaban J connectivity index is 1.37. The van der Waals surface area contributed by atoms with Crippen molar-refractivity contribution < 1.29 is 22.6 Å². The van der Waals surface area contributed by atoms with Crippen LogP contribution < -0.4 is 25.4 Å². The molecule has 252 valence electrons. The molecule has 3 N–H and O–H groups in total. The summed E-state index contributed by atoms with van der Waals surface area (Å²) in [5, 5.41) is 13.8. The third kappa shape index (κ3) is 4.86. The molecular formula is C34H35ClF3N7O2S. The molecule has 2 saturated heterocycles. The number of hydrogen-bond acceptors (Lipinski definition) is 10. The van der Waals surface area contributed by atoms with Gasteiger partial charge < -0.3 is 25.4 Å². The number of nitrogen functional groups attached to an aromatic ring is 1. The molecule has 9 nitrogen and oxygen atoms in total. The van der Waals surface area contributed by atoms with E-state index in [9.17, 15) is 9.65 Å². The highest BCUT2D eigenvalue weighted by Gasteiger charge is 2.49. The molecule has 3 fully saturated rings. The van der Waals surface area contributed by atoms with Crippen LogP contribution in [0.5, 0.6) is 11.8 Å². The van der Waals surface area contributed by atoms with Gasteiger partial charge in [-0.15, -0.1) is 11.3 Å². The van der Waals surface area contributed by atoms with E-state index in [-0.39, 0.29) is 72.6 Å². The Hall–Kier alpha value is -3.57. The van der Waals surface area contributed by atoms with Crippen molar-refractivity contribution in [2.45, 2.75) is 56.3 Å². The Kier molecular flexibility index (Phi) is 7.98. The summed E-state index contributed by atoms with van der Waals surface area (Å²) in [6.07, 6.45) is 4.04. The van der Waals surface area contributed by atoms with Crippen molar-refractivity contribution in [2.75, 3.05) is 57.1 Å². The van der Waals surface area contributed by atoms with Crippen LogP contribution >= 0.6 is 22.9 Å². The van der Waals surface area contributed by atoms with Gasteiger partial charge in [-0.05, 0) is 50.9 Å². The lowest BCUT2D eigenvalue weighted by atomic mass is 9.95. The third-order valence-corrected chi connectivity index (χ3v) is 12.1. The number of rotatable bonds is 7. The van der Waals surface area contributed by atoms with E-state index in [0.29, 0.717) is 43.9 Å². The summed E-state index contributed by atoms with van der Waals surface area (Å²) in [6, 6.07) is 4.75. The molecule has 4 atom stereocenters. The first-order valence-electron chi connectivity index (χ1n) is 16.4. The average molecular weight is 698 g/mol.